The number of fused-ring (bicyclic) bond motifs is 6. The summed E-state index contributed by atoms with van der Waals surface area (Å²) in [5.41, 5.74) is 14.0. The van der Waals surface area contributed by atoms with Crippen molar-refractivity contribution >= 4 is 38.8 Å². The molecule has 0 saturated carbocycles. The first kappa shape index (κ1) is 27.7. The van der Waals surface area contributed by atoms with E-state index in [-0.39, 0.29) is 11.5 Å². The van der Waals surface area contributed by atoms with Crippen LogP contribution in [0.1, 0.15) is 37.0 Å². The van der Waals surface area contributed by atoms with E-state index in [9.17, 15) is 0 Å². The molecule has 1 unspecified atom stereocenters. The molecule has 2 aliphatic rings. The van der Waals surface area contributed by atoms with Gasteiger partial charge in [0.2, 0.25) is 0 Å². The van der Waals surface area contributed by atoms with Gasteiger partial charge in [0.15, 0.2) is 0 Å². The molecule has 1 aromatic heterocycles. The van der Waals surface area contributed by atoms with Crippen molar-refractivity contribution in [2.24, 2.45) is 0 Å². The van der Waals surface area contributed by atoms with E-state index in [0.717, 1.165) is 6.42 Å². The second-order valence-electron chi connectivity index (χ2n) is 13.3. The highest BCUT2D eigenvalue weighted by molar-refractivity contribution is 6.10. The Balaban J connectivity index is 1.22. The number of aromatic nitrogens is 1. The van der Waals surface area contributed by atoms with Gasteiger partial charge >= 0.3 is 0 Å². The van der Waals surface area contributed by atoms with Gasteiger partial charge in [0.25, 0.3) is 0 Å². The molecule has 6 aromatic carbocycles. The normalized spacial score (nSPS) is 16.2. The smallest absolute Gasteiger partial charge is 0.0561 e. The Kier molecular flexibility index (Phi) is 6.33. The molecule has 7 aromatic rings. The summed E-state index contributed by atoms with van der Waals surface area (Å²) in [4.78, 5) is 2.56. The summed E-state index contributed by atoms with van der Waals surface area (Å²) in [5, 5.41) is 2.54. The zero-order valence-corrected chi connectivity index (χ0v) is 26.8. The number of benzene rings is 6. The van der Waals surface area contributed by atoms with Crippen LogP contribution in [0.15, 0.2) is 164 Å². The van der Waals surface area contributed by atoms with Crippen LogP contribution in [-0.4, -0.2) is 10.6 Å². The fraction of sp³-hybridized carbons (Fsp3) is 0.111. The molecule has 0 saturated heterocycles. The van der Waals surface area contributed by atoms with Crippen molar-refractivity contribution in [3.63, 3.8) is 0 Å². The molecule has 9 rings (SSSR count). The minimum Gasteiger partial charge on any atom is -0.334 e. The maximum absolute atomic E-state index is 2.56. The minimum atomic E-state index is -0.0694. The number of anilines is 2. The van der Waals surface area contributed by atoms with Crippen molar-refractivity contribution in [2.45, 2.75) is 31.7 Å². The maximum Gasteiger partial charge on any atom is 0.0561 e. The number of para-hydroxylation sites is 2. The monoisotopic (exact) mass is 604 g/mol. The quantitative estimate of drug-likeness (QED) is 0.190. The maximum atomic E-state index is 2.56. The van der Waals surface area contributed by atoms with E-state index in [1.807, 2.05) is 0 Å². The number of hydrogen-bond donors (Lipinski definition) is 0. The van der Waals surface area contributed by atoms with Crippen LogP contribution in [0.2, 0.25) is 0 Å². The van der Waals surface area contributed by atoms with Crippen molar-refractivity contribution in [1.29, 1.82) is 0 Å². The van der Waals surface area contributed by atoms with Gasteiger partial charge in [-0.2, -0.15) is 0 Å². The highest BCUT2D eigenvalue weighted by Gasteiger charge is 2.36. The van der Waals surface area contributed by atoms with Crippen LogP contribution in [-0.2, 0) is 5.41 Å². The lowest BCUT2D eigenvalue weighted by Crippen LogP contribution is -2.30. The average molecular weight is 605 g/mol. The molecule has 0 spiro atoms. The van der Waals surface area contributed by atoms with Crippen molar-refractivity contribution in [1.82, 2.24) is 4.57 Å². The Morgan fingerprint density at radius 1 is 0.596 bits per heavy atom. The largest absolute Gasteiger partial charge is 0.334 e. The molecule has 47 heavy (non-hydrogen) atoms. The molecular weight excluding hydrogens is 569 g/mol. The van der Waals surface area contributed by atoms with E-state index >= 15 is 0 Å². The Morgan fingerprint density at radius 2 is 1.26 bits per heavy atom. The second kappa shape index (κ2) is 10.7. The lowest BCUT2D eigenvalue weighted by atomic mass is 9.82. The number of rotatable bonds is 5. The highest BCUT2D eigenvalue weighted by atomic mass is 15.2. The van der Waals surface area contributed by atoms with Crippen molar-refractivity contribution in [3.8, 4) is 16.8 Å². The Hall–Kier alpha value is -5.60. The van der Waals surface area contributed by atoms with E-state index in [2.05, 4.69) is 187 Å². The van der Waals surface area contributed by atoms with Crippen LogP contribution >= 0.6 is 0 Å². The van der Waals surface area contributed by atoms with Gasteiger partial charge in [-0.25, -0.2) is 0 Å². The van der Waals surface area contributed by atoms with E-state index in [1.54, 1.807) is 0 Å². The SMILES string of the molecule is CC1(C)c2ccccc2-c2ccc(N(c3ccc4c5ccccc5n(-c5ccccc5)c4c3)C3C=CC(c4ccccc4)=CC3)cc21. The summed E-state index contributed by atoms with van der Waals surface area (Å²) in [6.07, 6.45) is 8.02. The minimum absolute atomic E-state index is 0.0694. The predicted octanol–water partition coefficient (Wildman–Crippen LogP) is 11.6. The molecule has 1 atom stereocenters. The molecule has 1 heterocycles. The van der Waals surface area contributed by atoms with Gasteiger partial charge in [-0.1, -0.05) is 135 Å². The Bertz CT molecular complexity index is 2360. The first-order valence-electron chi connectivity index (χ1n) is 16.6. The van der Waals surface area contributed by atoms with Gasteiger partial charge < -0.3 is 9.47 Å². The summed E-state index contributed by atoms with van der Waals surface area (Å²) in [6.45, 7) is 4.73. The lowest BCUT2D eigenvalue weighted by molar-refractivity contribution is 0.659. The van der Waals surface area contributed by atoms with Crippen molar-refractivity contribution < 1.29 is 0 Å². The highest BCUT2D eigenvalue weighted by Crippen LogP contribution is 2.50. The zero-order valence-electron chi connectivity index (χ0n) is 26.8. The standard InChI is InChI=1S/C45H36N2/c1-45(2)41-19-11-9-17-37(41)38-27-25-35(29-42(38)45)46(34-23-21-32(22-24-34)31-13-5-3-6-14-31)36-26-28-40-39-18-10-12-20-43(39)47(44(40)30-36)33-15-7-4-8-16-33/h3-23,25-30,34H,24H2,1-2H3. The van der Waals surface area contributed by atoms with Gasteiger partial charge in [-0.3, -0.25) is 0 Å². The topological polar surface area (TPSA) is 8.17 Å². The second-order valence-corrected chi connectivity index (χ2v) is 13.3. The molecule has 0 bridgehead atoms. The van der Waals surface area contributed by atoms with Gasteiger partial charge in [0, 0.05) is 33.2 Å². The molecule has 0 radical (unpaired) electrons. The van der Waals surface area contributed by atoms with Gasteiger partial charge in [-0.05, 0) is 82.3 Å². The third-order valence-electron chi connectivity index (χ3n) is 10.3. The first-order chi connectivity index (χ1) is 23.1. The fourth-order valence-corrected chi connectivity index (χ4v) is 7.98. The molecule has 2 aliphatic carbocycles. The molecule has 226 valence electrons. The van der Waals surface area contributed by atoms with Crippen LogP contribution in [0.5, 0.6) is 0 Å². The molecule has 2 nitrogen and oxygen atoms in total. The molecular formula is C45H36N2. The summed E-state index contributed by atoms with van der Waals surface area (Å²) in [5.74, 6) is 0. The van der Waals surface area contributed by atoms with Crippen LogP contribution in [0, 0.1) is 0 Å². The van der Waals surface area contributed by atoms with Gasteiger partial charge in [0.1, 0.15) is 0 Å². The molecule has 0 N–H and O–H groups in total. The van der Waals surface area contributed by atoms with Crippen LogP contribution in [0.3, 0.4) is 0 Å². The summed E-state index contributed by atoms with van der Waals surface area (Å²) >= 11 is 0. The Morgan fingerprint density at radius 3 is 2.06 bits per heavy atom. The lowest BCUT2D eigenvalue weighted by Gasteiger charge is -2.34. The Labute approximate surface area is 276 Å². The number of allylic oxidation sites excluding steroid dienone is 2. The predicted molar refractivity (Wildman–Crippen MR) is 199 cm³/mol. The van der Waals surface area contributed by atoms with Gasteiger partial charge in [0.05, 0.1) is 17.1 Å². The fourth-order valence-electron chi connectivity index (χ4n) is 7.98. The summed E-state index contributed by atoms with van der Waals surface area (Å²) in [7, 11) is 0. The van der Waals surface area contributed by atoms with E-state index in [1.165, 1.54) is 72.3 Å². The molecule has 2 heteroatoms. The van der Waals surface area contributed by atoms with Crippen molar-refractivity contribution in [3.05, 3.63) is 181 Å². The van der Waals surface area contributed by atoms with Crippen LogP contribution in [0.4, 0.5) is 11.4 Å². The molecule has 0 fully saturated rings. The van der Waals surface area contributed by atoms with Crippen LogP contribution < -0.4 is 4.90 Å². The average Bonchev–Trinajstić information content (AvgIpc) is 3.58. The summed E-state index contributed by atoms with van der Waals surface area (Å²) in [6, 6.07) is 53.5. The van der Waals surface area contributed by atoms with E-state index in [0.29, 0.717) is 0 Å². The third-order valence-corrected chi connectivity index (χ3v) is 10.3. The summed E-state index contributed by atoms with van der Waals surface area (Å²) < 4.78 is 2.42. The van der Waals surface area contributed by atoms with E-state index < -0.39 is 0 Å². The molecule has 0 amide bonds. The third kappa shape index (κ3) is 4.40. The van der Waals surface area contributed by atoms with E-state index in [4.69, 9.17) is 0 Å². The zero-order chi connectivity index (χ0) is 31.5. The number of nitrogens with zero attached hydrogens (tertiary/aromatic N) is 2. The van der Waals surface area contributed by atoms with Crippen LogP contribution in [0.25, 0.3) is 44.2 Å². The molecule has 0 aliphatic heterocycles. The number of hydrogen-bond acceptors (Lipinski definition) is 1. The van der Waals surface area contributed by atoms with Gasteiger partial charge in [-0.15, -0.1) is 0 Å². The van der Waals surface area contributed by atoms with Crippen molar-refractivity contribution in [2.75, 3.05) is 4.90 Å². The first-order valence-corrected chi connectivity index (χ1v) is 16.6.